The first-order valence-corrected chi connectivity index (χ1v) is 11.0. The smallest absolute Gasteiger partial charge is 0.282 e. The topological polar surface area (TPSA) is 67.9 Å². The molecule has 0 bridgehead atoms. The zero-order valence-electron chi connectivity index (χ0n) is 18.2. The van der Waals surface area contributed by atoms with E-state index < -0.39 is 11.8 Å². The van der Waals surface area contributed by atoms with E-state index in [0.717, 1.165) is 16.5 Å². The van der Waals surface area contributed by atoms with Crippen LogP contribution >= 0.6 is 0 Å². The van der Waals surface area contributed by atoms with Crippen LogP contribution in [0.4, 0.5) is 11.4 Å². The average molecular weight is 448 g/mol. The largest absolute Gasteiger partial charge is 0.486 e. The highest BCUT2D eigenvalue weighted by Crippen LogP contribution is 2.39. The molecule has 166 valence electrons. The molecule has 2 heterocycles. The van der Waals surface area contributed by atoms with Gasteiger partial charge in [-0.15, -0.1) is 0 Å². The zero-order valence-corrected chi connectivity index (χ0v) is 18.2. The first kappa shape index (κ1) is 20.1. The first-order chi connectivity index (χ1) is 16.7. The number of rotatable bonds is 4. The maximum Gasteiger partial charge on any atom is 0.282 e. The van der Waals surface area contributed by atoms with Crippen molar-refractivity contribution in [2.75, 3.05) is 23.4 Å². The molecule has 0 spiro atoms. The number of carbonyl (C=O) groups is 2. The van der Waals surface area contributed by atoms with E-state index in [9.17, 15) is 9.59 Å². The number of nitrogens with zero attached hydrogens (tertiary/aromatic N) is 1. The number of amides is 2. The van der Waals surface area contributed by atoms with Gasteiger partial charge >= 0.3 is 0 Å². The summed E-state index contributed by atoms with van der Waals surface area (Å²) in [5.41, 5.74) is 2.42. The van der Waals surface area contributed by atoms with Crippen LogP contribution in [0.15, 0.2) is 96.7 Å². The molecule has 0 saturated carbocycles. The Hall–Kier alpha value is -4.58. The van der Waals surface area contributed by atoms with Gasteiger partial charge in [0.1, 0.15) is 18.9 Å². The monoisotopic (exact) mass is 448 g/mol. The van der Waals surface area contributed by atoms with Gasteiger partial charge < -0.3 is 14.8 Å². The van der Waals surface area contributed by atoms with Crippen molar-refractivity contribution in [1.82, 2.24) is 0 Å². The summed E-state index contributed by atoms with van der Waals surface area (Å²) in [4.78, 5) is 28.6. The third-order valence-electron chi connectivity index (χ3n) is 5.98. The van der Waals surface area contributed by atoms with Crippen molar-refractivity contribution < 1.29 is 19.1 Å². The third-order valence-corrected chi connectivity index (χ3v) is 5.98. The molecule has 0 unspecified atom stereocenters. The van der Waals surface area contributed by atoms with Crippen LogP contribution in [0.25, 0.3) is 16.3 Å². The normalized spacial score (nSPS) is 15.2. The van der Waals surface area contributed by atoms with Crippen molar-refractivity contribution in [1.29, 1.82) is 0 Å². The fraction of sp³-hybridized carbons (Fsp3) is 0.0714. The summed E-state index contributed by atoms with van der Waals surface area (Å²) in [6.45, 7) is 0.881. The van der Waals surface area contributed by atoms with Gasteiger partial charge in [0.2, 0.25) is 0 Å². The van der Waals surface area contributed by atoms with Gasteiger partial charge in [0.25, 0.3) is 11.8 Å². The second-order valence-corrected chi connectivity index (χ2v) is 8.04. The highest BCUT2D eigenvalue weighted by Gasteiger charge is 2.40. The van der Waals surface area contributed by atoms with Gasteiger partial charge in [-0.25, -0.2) is 4.90 Å². The van der Waals surface area contributed by atoms with Crippen molar-refractivity contribution in [3.63, 3.8) is 0 Å². The van der Waals surface area contributed by atoms with Gasteiger partial charge in [-0.3, -0.25) is 9.59 Å². The molecule has 0 aromatic heterocycles. The number of anilines is 2. The van der Waals surface area contributed by atoms with Gasteiger partial charge in [0.15, 0.2) is 11.5 Å². The summed E-state index contributed by atoms with van der Waals surface area (Å²) >= 11 is 0. The Morgan fingerprint density at radius 3 is 2.29 bits per heavy atom. The standard InChI is InChI=1S/C28H20N2O4/c31-27-25(19-8-2-1-3-9-19)26(29-22-12-6-10-18-7-4-5-11-21(18)22)28(32)30(27)20-13-14-23-24(17-20)34-16-15-33-23/h1-14,17,29H,15-16H2. The van der Waals surface area contributed by atoms with E-state index in [4.69, 9.17) is 9.47 Å². The highest BCUT2D eigenvalue weighted by atomic mass is 16.6. The molecule has 4 aromatic carbocycles. The molecule has 6 nitrogen and oxygen atoms in total. The lowest BCUT2D eigenvalue weighted by Gasteiger charge is -2.21. The number of fused-ring (bicyclic) bond motifs is 2. The SMILES string of the molecule is O=C1C(Nc2cccc3ccccc23)=C(c2ccccc2)C(=O)N1c1ccc2c(c1)OCCO2. The number of hydrogen-bond donors (Lipinski definition) is 1. The lowest BCUT2D eigenvalue weighted by Crippen LogP contribution is -2.32. The average Bonchev–Trinajstić information content (AvgIpc) is 3.13. The van der Waals surface area contributed by atoms with Crippen molar-refractivity contribution in [3.05, 3.63) is 102 Å². The highest BCUT2D eigenvalue weighted by molar-refractivity contribution is 6.46. The molecule has 6 rings (SSSR count). The van der Waals surface area contributed by atoms with Crippen molar-refractivity contribution >= 4 is 39.5 Å². The molecule has 0 radical (unpaired) electrons. The molecule has 0 aliphatic carbocycles. The Bertz CT molecular complexity index is 1470. The quantitative estimate of drug-likeness (QED) is 0.445. The molecule has 0 saturated heterocycles. The second-order valence-electron chi connectivity index (χ2n) is 8.04. The van der Waals surface area contributed by atoms with Crippen molar-refractivity contribution in [2.45, 2.75) is 0 Å². The maximum atomic E-state index is 13.7. The van der Waals surface area contributed by atoms with Gasteiger partial charge in [-0.05, 0) is 29.1 Å². The first-order valence-electron chi connectivity index (χ1n) is 11.0. The summed E-state index contributed by atoms with van der Waals surface area (Å²) in [5, 5.41) is 5.28. The van der Waals surface area contributed by atoms with Gasteiger partial charge in [-0.1, -0.05) is 66.7 Å². The Morgan fingerprint density at radius 2 is 1.44 bits per heavy atom. The van der Waals surface area contributed by atoms with E-state index in [0.29, 0.717) is 41.5 Å². The minimum atomic E-state index is -0.423. The number of imide groups is 1. The van der Waals surface area contributed by atoms with E-state index >= 15 is 0 Å². The summed E-state index contributed by atoms with van der Waals surface area (Å²) in [6.07, 6.45) is 0. The van der Waals surface area contributed by atoms with Crippen LogP contribution in [0.3, 0.4) is 0 Å². The summed E-state index contributed by atoms with van der Waals surface area (Å²) in [7, 11) is 0. The second kappa shape index (κ2) is 8.08. The van der Waals surface area contributed by atoms with E-state index in [1.807, 2.05) is 72.8 Å². The van der Waals surface area contributed by atoms with Gasteiger partial charge in [0.05, 0.1) is 11.3 Å². The van der Waals surface area contributed by atoms with Crippen LogP contribution < -0.4 is 19.7 Å². The molecule has 6 heteroatoms. The van der Waals surface area contributed by atoms with Crippen molar-refractivity contribution in [2.24, 2.45) is 0 Å². The Kier molecular flexibility index (Phi) is 4.77. The van der Waals surface area contributed by atoms with Crippen LogP contribution in [0.1, 0.15) is 5.56 Å². The predicted molar refractivity (Wildman–Crippen MR) is 131 cm³/mol. The maximum absolute atomic E-state index is 13.7. The lowest BCUT2D eigenvalue weighted by molar-refractivity contribution is -0.120. The molecule has 34 heavy (non-hydrogen) atoms. The predicted octanol–water partition coefficient (Wildman–Crippen LogP) is 5.01. The van der Waals surface area contributed by atoms with Gasteiger partial charge in [-0.2, -0.15) is 0 Å². The molecule has 2 aliphatic heterocycles. The van der Waals surface area contributed by atoms with E-state index in [1.165, 1.54) is 4.90 Å². The number of hydrogen-bond acceptors (Lipinski definition) is 5. The van der Waals surface area contributed by atoms with E-state index in [-0.39, 0.29) is 5.70 Å². The fourth-order valence-electron chi connectivity index (χ4n) is 4.39. The Labute approximate surface area is 196 Å². The number of ether oxygens (including phenoxy) is 2. The van der Waals surface area contributed by atoms with E-state index in [1.54, 1.807) is 18.2 Å². The zero-order chi connectivity index (χ0) is 23.1. The van der Waals surface area contributed by atoms with Crippen LogP contribution in [0.2, 0.25) is 0 Å². The molecule has 2 amide bonds. The van der Waals surface area contributed by atoms with Crippen molar-refractivity contribution in [3.8, 4) is 11.5 Å². The minimum Gasteiger partial charge on any atom is -0.486 e. The fourth-order valence-corrected chi connectivity index (χ4v) is 4.39. The third kappa shape index (κ3) is 3.28. The van der Waals surface area contributed by atoms with Crippen LogP contribution in [0.5, 0.6) is 11.5 Å². The molecule has 0 atom stereocenters. The summed E-state index contributed by atoms with van der Waals surface area (Å²) in [5.74, 6) is 0.296. The molecule has 1 N–H and O–H groups in total. The summed E-state index contributed by atoms with van der Waals surface area (Å²) < 4.78 is 11.3. The summed E-state index contributed by atoms with van der Waals surface area (Å²) in [6, 6.07) is 28.1. The minimum absolute atomic E-state index is 0.238. The Balaban J connectivity index is 1.46. The molecular weight excluding hydrogens is 428 g/mol. The number of carbonyl (C=O) groups excluding carboxylic acids is 2. The molecular formula is C28H20N2O4. The molecule has 2 aliphatic rings. The van der Waals surface area contributed by atoms with Crippen LogP contribution in [-0.2, 0) is 9.59 Å². The Morgan fingerprint density at radius 1 is 0.706 bits per heavy atom. The van der Waals surface area contributed by atoms with Crippen LogP contribution in [-0.4, -0.2) is 25.0 Å². The number of nitrogens with one attached hydrogen (secondary N) is 1. The van der Waals surface area contributed by atoms with Crippen LogP contribution in [0, 0.1) is 0 Å². The number of benzene rings is 4. The molecule has 4 aromatic rings. The molecule has 0 fully saturated rings. The van der Waals surface area contributed by atoms with Gasteiger partial charge in [0, 0.05) is 17.1 Å². The lowest BCUT2D eigenvalue weighted by atomic mass is 10.0. The van der Waals surface area contributed by atoms with E-state index in [2.05, 4.69) is 5.32 Å².